The lowest BCUT2D eigenvalue weighted by Crippen LogP contribution is -2.32. The number of benzene rings is 1. The molecule has 1 aliphatic rings. The number of oxazole rings is 1. The quantitative estimate of drug-likeness (QED) is 0.931. The summed E-state index contributed by atoms with van der Waals surface area (Å²) in [5.74, 6) is 1.92. The van der Waals surface area contributed by atoms with Gasteiger partial charge in [0.05, 0.1) is 0 Å². The van der Waals surface area contributed by atoms with Crippen molar-refractivity contribution in [2.75, 3.05) is 32.0 Å². The summed E-state index contributed by atoms with van der Waals surface area (Å²) in [4.78, 5) is 6.97. The number of aromatic nitrogens is 1. The molecule has 0 saturated carbocycles. The van der Waals surface area contributed by atoms with Crippen LogP contribution in [0.4, 0.5) is 5.69 Å². The minimum Gasteiger partial charge on any atom is -0.440 e. The third-order valence-electron chi connectivity index (χ3n) is 4.33. The molecule has 21 heavy (non-hydrogen) atoms. The predicted octanol–water partition coefficient (Wildman–Crippen LogP) is 3.70. The Bertz CT molecular complexity index is 597. The van der Waals surface area contributed by atoms with Gasteiger partial charge in [0, 0.05) is 18.2 Å². The standard InChI is InChI=1S/C17H25N3O/c1-12(2)17-19-15-10-14(4-5-16(15)21-17)18-11-13-6-8-20(3)9-7-13/h4-5,10,12-13,18H,6-9,11H2,1-3H3. The Kier molecular flexibility index (Phi) is 4.15. The molecule has 0 unspecified atom stereocenters. The van der Waals surface area contributed by atoms with Crippen LogP contribution in [0.25, 0.3) is 11.1 Å². The first-order valence-corrected chi connectivity index (χ1v) is 7.94. The lowest BCUT2D eigenvalue weighted by Gasteiger charge is -2.29. The SMILES string of the molecule is CC(C)c1nc2cc(NCC3CCN(C)CC3)ccc2o1. The van der Waals surface area contributed by atoms with Gasteiger partial charge in [0.1, 0.15) is 5.52 Å². The van der Waals surface area contributed by atoms with Gasteiger partial charge in [-0.3, -0.25) is 0 Å². The van der Waals surface area contributed by atoms with Crippen LogP contribution in [0.15, 0.2) is 22.6 Å². The van der Waals surface area contributed by atoms with Crippen molar-refractivity contribution in [1.29, 1.82) is 0 Å². The number of hydrogen-bond donors (Lipinski definition) is 1. The number of anilines is 1. The molecule has 114 valence electrons. The van der Waals surface area contributed by atoms with E-state index in [1.807, 2.05) is 6.07 Å². The van der Waals surface area contributed by atoms with Crippen molar-refractivity contribution in [3.8, 4) is 0 Å². The highest BCUT2D eigenvalue weighted by molar-refractivity contribution is 5.77. The summed E-state index contributed by atoms with van der Waals surface area (Å²) in [6, 6.07) is 6.21. The van der Waals surface area contributed by atoms with Crippen LogP contribution in [-0.2, 0) is 0 Å². The Morgan fingerprint density at radius 1 is 1.33 bits per heavy atom. The van der Waals surface area contributed by atoms with Crippen LogP contribution in [-0.4, -0.2) is 36.6 Å². The summed E-state index contributed by atoms with van der Waals surface area (Å²) >= 11 is 0. The molecule has 1 aromatic heterocycles. The van der Waals surface area contributed by atoms with E-state index in [-0.39, 0.29) is 0 Å². The zero-order valence-corrected chi connectivity index (χ0v) is 13.2. The summed E-state index contributed by atoms with van der Waals surface area (Å²) in [7, 11) is 2.20. The first kappa shape index (κ1) is 14.4. The molecule has 2 aromatic rings. The van der Waals surface area contributed by atoms with Crippen molar-refractivity contribution in [1.82, 2.24) is 9.88 Å². The number of fused-ring (bicyclic) bond motifs is 1. The molecule has 2 heterocycles. The van der Waals surface area contributed by atoms with Crippen LogP contribution in [0.3, 0.4) is 0 Å². The first-order valence-electron chi connectivity index (χ1n) is 7.94. The number of hydrogen-bond acceptors (Lipinski definition) is 4. The summed E-state index contributed by atoms with van der Waals surface area (Å²) in [6.45, 7) is 7.68. The Morgan fingerprint density at radius 2 is 2.10 bits per heavy atom. The summed E-state index contributed by atoms with van der Waals surface area (Å²) in [5, 5.41) is 3.56. The summed E-state index contributed by atoms with van der Waals surface area (Å²) in [6.07, 6.45) is 2.57. The Morgan fingerprint density at radius 3 is 2.81 bits per heavy atom. The molecular formula is C17H25N3O. The second kappa shape index (κ2) is 6.06. The third kappa shape index (κ3) is 3.38. The second-order valence-corrected chi connectivity index (χ2v) is 6.52. The highest BCUT2D eigenvalue weighted by atomic mass is 16.3. The molecule has 0 amide bonds. The van der Waals surface area contributed by atoms with Crippen LogP contribution in [0.1, 0.15) is 38.5 Å². The van der Waals surface area contributed by atoms with E-state index < -0.39 is 0 Å². The number of piperidine rings is 1. The fourth-order valence-electron chi connectivity index (χ4n) is 2.83. The molecule has 1 saturated heterocycles. The normalized spacial score (nSPS) is 17.7. The number of nitrogens with one attached hydrogen (secondary N) is 1. The molecule has 1 aliphatic heterocycles. The van der Waals surface area contributed by atoms with E-state index in [0.717, 1.165) is 35.1 Å². The largest absolute Gasteiger partial charge is 0.440 e. The van der Waals surface area contributed by atoms with Gasteiger partial charge in [0.15, 0.2) is 11.5 Å². The molecule has 0 aliphatic carbocycles. The van der Waals surface area contributed by atoms with Crippen LogP contribution < -0.4 is 5.32 Å². The Labute approximate surface area is 126 Å². The fourth-order valence-corrected chi connectivity index (χ4v) is 2.83. The zero-order chi connectivity index (χ0) is 14.8. The monoisotopic (exact) mass is 287 g/mol. The summed E-state index contributed by atoms with van der Waals surface area (Å²) in [5.41, 5.74) is 2.97. The number of rotatable bonds is 4. The van der Waals surface area contributed by atoms with E-state index in [2.05, 4.69) is 48.2 Å². The van der Waals surface area contributed by atoms with E-state index in [9.17, 15) is 0 Å². The predicted molar refractivity (Wildman–Crippen MR) is 86.8 cm³/mol. The van der Waals surface area contributed by atoms with E-state index in [0.29, 0.717) is 5.92 Å². The van der Waals surface area contributed by atoms with Gasteiger partial charge in [-0.15, -0.1) is 0 Å². The lowest BCUT2D eigenvalue weighted by molar-refractivity contribution is 0.226. The van der Waals surface area contributed by atoms with Crippen LogP contribution in [0, 0.1) is 5.92 Å². The van der Waals surface area contributed by atoms with Crippen LogP contribution >= 0.6 is 0 Å². The second-order valence-electron chi connectivity index (χ2n) is 6.52. The molecule has 4 heteroatoms. The third-order valence-corrected chi connectivity index (χ3v) is 4.33. The van der Waals surface area contributed by atoms with E-state index in [1.54, 1.807) is 0 Å². The topological polar surface area (TPSA) is 41.3 Å². The lowest BCUT2D eigenvalue weighted by atomic mass is 9.97. The van der Waals surface area contributed by atoms with Crippen molar-refractivity contribution in [2.24, 2.45) is 5.92 Å². The van der Waals surface area contributed by atoms with Gasteiger partial charge in [-0.05, 0) is 57.1 Å². The molecule has 4 nitrogen and oxygen atoms in total. The molecule has 1 fully saturated rings. The maximum absolute atomic E-state index is 5.75. The van der Waals surface area contributed by atoms with Gasteiger partial charge < -0.3 is 14.6 Å². The van der Waals surface area contributed by atoms with Gasteiger partial charge in [-0.25, -0.2) is 4.98 Å². The van der Waals surface area contributed by atoms with Crippen LogP contribution in [0.2, 0.25) is 0 Å². The van der Waals surface area contributed by atoms with Crippen molar-refractivity contribution >= 4 is 16.8 Å². The van der Waals surface area contributed by atoms with Crippen molar-refractivity contribution in [2.45, 2.75) is 32.6 Å². The highest BCUT2D eigenvalue weighted by Crippen LogP contribution is 2.24. The van der Waals surface area contributed by atoms with Gasteiger partial charge in [-0.1, -0.05) is 13.8 Å². The van der Waals surface area contributed by atoms with Crippen molar-refractivity contribution < 1.29 is 4.42 Å². The van der Waals surface area contributed by atoms with Crippen molar-refractivity contribution in [3.63, 3.8) is 0 Å². The van der Waals surface area contributed by atoms with E-state index >= 15 is 0 Å². The maximum Gasteiger partial charge on any atom is 0.198 e. The Hall–Kier alpha value is -1.55. The maximum atomic E-state index is 5.75. The molecule has 1 aromatic carbocycles. The van der Waals surface area contributed by atoms with Crippen LogP contribution in [0.5, 0.6) is 0 Å². The smallest absolute Gasteiger partial charge is 0.198 e. The molecule has 0 spiro atoms. The van der Waals surface area contributed by atoms with Gasteiger partial charge in [0.2, 0.25) is 0 Å². The molecule has 0 radical (unpaired) electrons. The zero-order valence-electron chi connectivity index (χ0n) is 13.2. The first-order chi connectivity index (χ1) is 10.1. The molecular weight excluding hydrogens is 262 g/mol. The van der Waals surface area contributed by atoms with Gasteiger partial charge in [-0.2, -0.15) is 0 Å². The van der Waals surface area contributed by atoms with E-state index in [1.165, 1.54) is 25.9 Å². The van der Waals surface area contributed by atoms with Gasteiger partial charge >= 0.3 is 0 Å². The average Bonchev–Trinajstić information content (AvgIpc) is 2.90. The number of nitrogens with zero attached hydrogens (tertiary/aromatic N) is 2. The highest BCUT2D eigenvalue weighted by Gasteiger charge is 2.16. The van der Waals surface area contributed by atoms with E-state index in [4.69, 9.17) is 4.42 Å². The number of likely N-dealkylation sites (tertiary alicyclic amines) is 1. The molecule has 3 rings (SSSR count). The van der Waals surface area contributed by atoms with Crippen molar-refractivity contribution in [3.05, 3.63) is 24.1 Å². The fraction of sp³-hybridized carbons (Fsp3) is 0.588. The summed E-state index contributed by atoms with van der Waals surface area (Å²) < 4.78 is 5.75. The molecule has 0 atom stereocenters. The molecule has 0 bridgehead atoms. The average molecular weight is 287 g/mol. The minimum absolute atomic E-state index is 0.327. The Balaban J connectivity index is 1.64. The molecule has 1 N–H and O–H groups in total. The minimum atomic E-state index is 0.327. The van der Waals surface area contributed by atoms with Gasteiger partial charge in [0.25, 0.3) is 0 Å².